The zero-order valence-corrected chi connectivity index (χ0v) is 9.58. The maximum Gasteiger partial charge on any atom is 0.310 e. The standard InChI is InChI=1S/C12H18O3/c1-5-15-11(14)7-9-6-10(8(2)13)12(9,3)4/h5,9-10H,1,6-7H2,2-4H3. The van der Waals surface area contributed by atoms with E-state index in [2.05, 4.69) is 11.3 Å². The van der Waals surface area contributed by atoms with Gasteiger partial charge in [-0.05, 0) is 24.7 Å². The van der Waals surface area contributed by atoms with E-state index in [-0.39, 0.29) is 29.0 Å². The van der Waals surface area contributed by atoms with Gasteiger partial charge in [-0.2, -0.15) is 0 Å². The summed E-state index contributed by atoms with van der Waals surface area (Å²) in [6.07, 6.45) is 2.33. The molecule has 0 N–H and O–H groups in total. The van der Waals surface area contributed by atoms with Crippen molar-refractivity contribution in [2.45, 2.75) is 33.6 Å². The van der Waals surface area contributed by atoms with Crippen molar-refractivity contribution in [3.8, 4) is 0 Å². The van der Waals surface area contributed by atoms with Gasteiger partial charge in [0.25, 0.3) is 0 Å². The van der Waals surface area contributed by atoms with Gasteiger partial charge in [-0.1, -0.05) is 20.4 Å². The lowest BCUT2D eigenvalue weighted by atomic mass is 9.53. The number of hydrogen-bond acceptors (Lipinski definition) is 3. The van der Waals surface area contributed by atoms with Crippen molar-refractivity contribution in [1.29, 1.82) is 0 Å². The molecule has 0 heterocycles. The first-order chi connectivity index (χ1) is 6.89. The lowest BCUT2D eigenvalue weighted by molar-refractivity contribution is -0.149. The molecular weight excluding hydrogens is 192 g/mol. The fraction of sp³-hybridized carbons (Fsp3) is 0.667. The van der Waals surface area contributed by atoms with Crippen molar-refractivity contribution in [3.63, 3.8) is 0 Å². The Kier molecular flexibility index (Phi) is 3.32. The zero-order valence-electron chi connectivity index (χ0n) is 9.58. The quantitative estimate of drug-likeness (QED) is 0.528. The smallest absolute Gasteiger partial charge is 0.310 e. The van der Waals surface area contributed by atoms with Crippen LogP contribution in [-0.2, 0) is 14.3 Å². The lowest BCUT2D eigenvalue weighted by Gasteiger charge is -2.50. The van der Waals surface area contributed by atoms with Crippen LogP contribution in [0.5, 0.6) is 0 Å². The highest BCUT2D eigenvalue weighted by molar-refractivity contribution is 5.81. The molecule has 3 heteroatoms. The molecule has 0 aromatic carbocycles. The third kappa shape index (κ3) is 2.28. The second-order valence-corrected chi connectivity index (χ2v) is 4.78. The molecule has 0 radical (unpaired) electrons. The molecule has 1 aliphatic rings. The normalized spacial score (nSPS) is 27.7. The van der Waals surface area contributed by atoms with Gasteiger partial charge in [-0.3, -0.25) is 9.59 Å². The molecule has 1 saturated carbocycles. The minimum absolute atomic E-state index is 0.0774. The molecule has 0 amide bonds. The summed E-state index contributed by atoms with van der Waals surface area (Å²) >= 11 is 0. The number of hydrogen-bond donors (Lipinski definition) is 0. The van der Waals surface area contributed by atoms with E-state index >= 15 is 0 Å². The van der Waals surface area contributed by atoms with Crippen LogP contribution >= 0.6 is 0 Å². The molecule has 2 atom stereocenters. The number of ether oxygens (including phenoxy) is 1. The summed E-state index contributed by atoms with van der Waals surface area (Å²) in [6.45, 7) is 9.02. The molecule has 3 nitrogen and oxygen atoms in total. The predicted octanol–water partition coefficient (Wildman–Crippen LogP) is 2.31. The topological polar surface area (TPSA) is 43.4 Å². The molecule has 84 valence electrons. The molecule has 0 saturated heterocycles. The second kappa shape index (κ2) is 4.17. The number of esters is 1. The van der Waals surface area contributed by atoms with Crippen molar-refractivity contribution in [1.82, 2.24) is 0 Å². The highest BCUT2D eigenvalue weighted by Crippen LogP contribution is 2.53. The average Bonchev–Trinajstić information content (AvgIpc) is 2.11. The van der Waals surface area contributed by atoms with E-state index in [1.807, 2.05) is 13.8 Å². The van der Waals surface area contributed by atoms with Crippen LogP contribution in [0.1, 0.15) is 33.6 Å². The number of Topliss-reactive ketones (excluding diaryl/α,β-unsaturated/α-hetero) is 1. The minimum Gasteiger partial charge on any atom is -0.435 e. The number of carbonyl (C=O) groups excluding carboxylic acids is 2. The summed E-state index contributed by atoms with van der Waals surface area (Å²) < 4.78 is 4.68. The first-order valence-electron chi connectivity index (χ1n) is 5.20. The Morgan fingerprint density at radius 2 is 2.13 bits per heavy atom. The van der Waals surface area contributed by atoms with E-state index in [0.717, 1.165) is 12.7 Å². The Hall–Kier alpha value is -1.12. The summed E-state index contributed by atoms with van der Waals surface area (Å²) in [6, 6.07) is 0. The maximum atomic E-state index is 11.3. The van der Waals surface area contributed by atoms with Gasteiger partial charge >= 0.3 is 5.97 Å². The van der Waals surface area contributed by atoms with Crippen LogP contribution in [0.25, 0.3) is 0 Å². The van der Waals surface area contributed by atoms with Crippen LogP contribution in [0.2, 0.25) is 0 Å². The molecule has 1 fully saturated rings. The summed E-state index contributed by atoms with van der Waals surface area (Å²) in [7, 11) is 0. The van der Waals surface area contributed by atoms with Gasteiger partial charge in [0.15, 0.2) is 0 Å². The zero-order chi connectivity index (χ0) is 11.6. The number of ketones is 1. The van der Waals surface area contributed by atoms with Gasteiger partial charge in [-0.25, -0.2) is 0 Å². The van der Waals surface area contributed by atoms with Crippen molar-refractivity contribution in [2.75, 3.05) is 0 Å². The van der Waals surface area contributed by atoms with Crippen LogP contribution in [0.15, 0.2) is 12.8 Å². The summed E-state index contributed by atoms with van der Waals surface area (Å²) in [4.78, 5) is 22.5. The van der Waals surface area contributed by atoms with E-state index in [4.69, 9.17) is 0 Å². The second-order valence-electron chi connectivity index (χ2n) is 4.78. The van der Waals surface area contributed by atoms with E-state index in [0.29, 0.717) is 6.42 Å². The van der Waals surface area contributed by atoms with Crippen molar-refractivity contribution in [3.05, 3.63) is 12.8 Å². The predicted molar refractivity (Wildman–Crippen MR) is 57.0 cm³/mol. The minimum atomic E-state index is -0.259. The fourth-order valence-corrected chi connectivity index (χ4v) is 2.39. The van der Waals surface area contributed by atoms with Crippen molar-refractivity contribution >= 4 is 11.8 Å². The Morgan fingerprint density at radius 3 is 2.53 bits per heavy atom. The van der Waals surface area contributed by atoms with Gasteiger partial charge < -0.3 is 4.74 Å². The molecular formula is C12H18O3. The Morgan fingerprint density at radius 1 is 1.53 bits per heavy atom. The molecule has 0 aromatic rings. The monoisotopic (exact) mass is 210 g/mol. The fourth-order valence-electron chi connectivity index (χ4n) is 2.39. The molecule has 1 aliphatic carbocycles. The molecule has 1 rings (SSSR count). The lowest BCUT2D eigenvalue weighted by Crippen LogP contribution is -2.48. The highest BCUT2D eigenvalue weighted by Gasteiger charge is 2.50. The summed E-state index contributed by atoms with van der Waals surface area (Å²) in [5, 5.41) is 0. The first kappa shape index (κ1) is 12.0. The van der Waals surface area contributed by atoms with Crippen molar-refractivity contribution in [2.24, 2.45) is 17.3 Å². The number of rotatable bonds is 4. The van der Waals surface area contributed by atoms with E-state index < -0.39 is 0 Å². The van der Waals surface area contributed by atoms with Gasteiger partial charge in [0.05, 0.1) is 6.26 Å². The first-order valence-corrected chi connectivity index (χ1v) is 5.20. The van der Waals surface area contributed by atoms with Crippen LogP contribution in [0.4, 0.5) is 0 Å². The molecule has 0 bridgehead atoms. The van der Waals surface area contributed by atoms with Gasteiger partial charge in [0.2, 0.25) is 0 Å². The SMILES string of the molecule is C=COC(=O)CC1CC(C(C)=O)C1(C)C. The van der Waals surface area contributed by atoms with Gasteiger partial charge in [-0.15, -0.1) is 0 Å². The summed E-state index contributed by atoms with van der Waals surface area (Å²) in [5.74, 6) is 0.302. The Labute approximate surface area is 90.5 Å². The van der Waals surface area contributed by atoms with Crippen LogP contribution in [-0.4, -0.2) is 11.8 Å². The molecule has 2 unspecified atom stereocenters. The Bertz CT molecular complexity index is 291. The molecule has 0 spiro atoms. The maximum absolute atomic E-state index is 11.3. The van der Waals surface area contributed by atoms with Crippen LogP contribution in [0, 0.1) is 17.3 Å². The number of carbonyl (C=O) groups is 2. The van der Waals surface area contributed by atoms with E-state index in [1.165, 1.54) is 0 Å². The highest BCUT2D eigenvalue weighted by atomic mass is 16.5. The van der Waals surface area contributed by atoms with Crippen molar-refractivity contribution < 1.29 is 14.3 Å². The van der Waals surface area contributed by atoms with Gasteiger partial charge in [0.1, 0.15) is 5.78 Å². The van der Waals surface area contributed by atoms with Crippen LogP contribution < -0.4 is 0 Å². The van der Waals surface area contributed by atoms with E-state index in [1.54, 1.807) is 6.92 Å². The largest absolute Gasteiger partial charge is 0.435 e. The molecule has 0 aromatic heterocycles. The Balaban J connectivity index is 2.52. The molecule has 0 aliphatic heterocycles. The average molecular weight is 210 g/mol. The molecule has 15 heavy (non-hydrogen) atoms. The van der Waals surface area contributed by atoms with Gasteiger partial charge in [0, 0.05) is 12.3 Å². The van der Waals surface area contributed by atoms with E-state index in [9.17, 15) is 9.59 Å². The third-order valence-corrected chi connectivity index (χ3v) is 3.59. The summed E-state index contributed by atoms with van der Waals surface area (Å²) in [5.41, 5.74) is -0.0774. The van der Waals surface area contributed by atoms with Crippen LogP contribution in [0.3, 0.4) is 0 Å². The third-order valence-electron chi connectivity index (χ3n) is 3.59.